The van der Waals surface area contributed by atoms with Gasteiger partial charge in [0.2, 0.25) is 0 Å². The highest BCUT2D eigenvalue weighted by Crippen LogP contribution is 2.31. The van der Waals surface area contributed by atoms with Crippen LogP contribution in [-0.2, 0) is 5.41 Å². The average molecular weight is 212 g/mol. The first-order chi connectivity index (χ1) is 6.58. The van der Waals surface area contributed by atoms with E-state index in [0.29, 0.717) is 0 Å². The van der Waals surface area contributed by atoms with Crippen LogP contribution >= 0.6 is 11.6 Å². The fourth-order valence-corrected chi connectivity index (χ4v) is 1.97. The van der Waals surface area contributed by atoms with E-state index in [2.05, 4.69) is 25.2 Å². The zero-order valence-corrected chi connectivity index (χ0v) is 9.86. The van der Waals surface area contributed by atoms with Crippen LogP contribution in [0, 0.1) is 0 Å². The second kappa shape index (κ2) is 4.81. The molecule has 1 rings (SSSR count). The molecule has 1 nitrogen and oxygen atoms in total. The van der Waals surface area contributed by atoms with E-state index < -0.39 is 0 Å². The molecule has 0 saturated heterocycles. The van der Waals surface area contributed by atoms with Crippen molar-refractivity contribution in [2.24, 2.45) is 0 Å². The number of hydrogen-bond donors (Lipinski definition) is 1. The molecule has 0 aliphatic heterocycles. The number of halogens is 1. The summed E-state index contributed by atoms with van der Waals surface area (Å²) in [5.41, 5.74) is 1.37. The van der Waals surface area contributed by atoms with Crippen LogP contribution in [0.5, 0.6) is 0 Å². The molecular weight excluding hydrogens is 194 g/mol. The summed E-state index contributed by atoms with van der Waals surface area (Å²) in [6.07, 6.45) is 1.09. The minimum Gasteiger partial charge on any atom is -0.320 e. The zero-order chi connectivity index (χ0) is 10.6. The Morgan fingerprint density at radius 1 is 1.29 bits per heavy atom. The van der Waals surface area contributed by atoms with Crippen LogP contribution in [0.4, 0.5) is 0 Å². The summed E-state index contributed by atoms with van der Waals surface area (Å²) in [6.45, 7) is 5.47. The molecular formula is C12H18ClN. The molecule has 0 aliphatic rings. The number of hydrogen-bond acceptors (Lipinski definition) is 1. The van der Waals surface area contributed by atoms with Gasteiger partial charge in [-0.3, -0.25) is 0 Å². The van der Waals surface area contributed by atoms with Crippen molar-refractivity contribution in [2.45, 2.75) is 25.7 Å². The topological polar surface area (TPSA) is 12.0 Å². The molecule has 0 fully saturated rings. The Morgan fingerprint density at radius 3 is 2.50 bits per heavy atom. The van der Waals surface area contributed by atoms with Crippen LogP contribution in [0.25, 0.3) is 0 Å². The Morgan fingerprint density at radius 2 is 1.93 bits per heavy atom. The van der Waals surface area contributed by atoms with Crippen molar-refractivity contribution in [2.75, 3.05) is 13.6 Å². The first-order valence-corrected chi connectivity index (χ1v) is 5.35. The zero-order valence-electron chi connectivity index (χ0n) is 9.10. The van der Waals surface area contributed by atoms with Crippen LogP contribution in [0.15, 0.2) is 24.3 Å². The van der Waals surface area contributed by atoms with E-state index in [9.17, 15) is 0 Å². The monoisotopic (exact) mass is 211 g/mol. The average Bonchev–Trinajstić information content (AvgIpc) is 2.15. The Bertz CT molecular complexity index is 294. The highest BCUT2D eigenvalue weighted by Gasteiger charge is 2.21. The summed E-state index contributed by atoms with van der Waals surface area (Å²) in [6, 6.07) is 8.08. The molecule has 0 aromatic heterocycles. The van der Waals surface area contributed by atoms with E-state index in [0.717, 1.165) is 18.0 Å². The van der Waals surface area contributed by atoms with Crippen LogP contribution in [-0.4, -0.2) is 13.6 Å². The largest absolute Gasteiger partial charge is 0.320 e. The van der Waals surface area contributed by atoms with Gasteiger partial charge in [-0.05, 0) is 37.1 Å². The van der Waals surface area contributed by atoms with E-state index in [-0.39, 0.29) is 5.41 Å². The van der Waals surface area contributed by atoms with Crippen molar-refractivity contribution in [3.63, 3.8) is 0 Å². The van der Waals surface area contributed by atoms with E-state index in [1.807, 2.05) is 25.2 Å². The van der Waals surface area contributed by atoms with Gasteiger partial charge in [-0.2, -0.15) is 0 Å². The third-order valence-electron chi connectivity index (χ3n) is 2.60. The lowest BCUT2D eigenvalue weighted by Gasteiger charge is -2.26. The third-order valence-corrected chi connectivity index (χ3v) is 2.93. The first kappa shape index (κ1) is 11.5. The van der Waals surface area contributed by atoms with Crippen LogP contribution in [0.3, 0.4) is 0 Å². The molecule has 1 aromatic rings. The lowest BCUT2D eigenvalue weighted by atomic mass is 9.81. The predicted octanol–water partition coefficient (Wildman–Crippen LogP) is 3.23. The van der Waals surface area contributed by atoms with Crippen molar-refractivity contribution >= 4 is 11.6 Å². The van der Waals surface area contributed by atoms with Crippen LogP contribution in [0.1, 0.15) is 25.8 Å². The number of nitrogens with one attached hydrogen (secondary N) is 1. The summed E-state index contributed by atoms with van der Waals surface area (Å²) >= 11 is 6.17. The molecule has 0 atom stereocenters. The predicted molar refractivity (Wildman–Crippen MR) is 63.0 cm³/mol. The van der Waals surface area contributed by atoms with E-state index in [1.165, 1.54) is 5.56 Å². The van der Waals surface area contributed by atoms with E-state index in [1.54, 1.807) is 0 Å². The fourth-order valence-electron chi connectivity index (χ4n) is 1.58. The first-order valence-electron chi connectivity index (χ1n) is 4.97. The van der Waals surface area contributed by atoms with Crippen LogP contribution in [0.2, 0.25) is 5.02 Å². The maximum Gasteiger partial charge on any atom is 0.0443 e. The van der Waals surface area contributed by atoms with Gasteiger partial charge in [-0.15, -0.1) is 0 Å². The Balaban J connectivity index is 2.86. The summed E-state index contributed by atoms with van der Waals surface area (Å²) in [5.74, 6) is 0. The van der Waals surface area contributed by atoms with E-state index >= 15 is 0 Å². The van der Waals surface area contributed by atoms with Gasteiger partial charge >= 0.3 is 0 Å². The SMILES string of the molecule is CNCCC(C)(C)c1ccccc1Cl. The summed E-state index contributed by atoms with van der Waals surface area (Å²) < 4.78 is 0. The van der Waals surface area contributed by atoms with Crippen molar-refractivity contribution in [3.05, 3.63) is 34.9 Å². The molecule has 0 spiro atoms. The van der Waals surface area contributed by atoms with Gasteiger partial charge in [0.25, 0.3) is 0 Å². The Hall–Kier alpha value is -0.530. The second-order valence-electron chi connectivity index (χ2n) is 4.22. The van der Waals surface area contributed by atoms with Crippen molar-refractivity contribution in [1.29, 1.82) is 0 Å². The van der Waals surface area contributed by atoms with Gasteiger partial charge in [0, 0.05) is 5.02 Å². The molecule has 0 radical (unpaired) electrons. The van der Waals surface area contributed by atoms with Crippen molar-refractivity contribution < 1.29 is 0 Å². The molecule has 0 amide bonds. The van der Waals surface area contributed by atoms with Crippen LogP contribution < -0.4 is 5.32 Å². The van der Waals surface area contributed by atoms with Crippen molar-refractivity contribution in [1.82, 2.24) is 5.32 Å². The van der Waals surface area contributed by atoms with Gasteiger partial charge in [-0.25, -0.2) is 0 Å². The van der Waals surface area contributed by atoms with Crippen molar-refractivity contribution in [3.8, 4) is 0 Å². The minimum atomic E-state index is 0.140. The molecule has 0 bridgehead atoms. The maximum absolute atomic E-state index is 6.17. The molecule has 0 unspecified atom stereocenters. The minimum absolute atomic E-state index is 0.140. The smallest absolute Gasteiger partial charge is 0.0443 e. The fraction of sp³-hybridized carbons (Fsp3) is 0.500. The molecule has 0 heterocycles. The summed E-state index contributed by atoms with van der Waals surface area (Å²) in [7, 11) is 1.97. The second-order valence-corrected chi connectivity index (χ2v) is 4.62. The van der Waals surface area contributed by atoms with Gasteiger partial charge in [0.1, 0.15) is 0 Å². The standard InChI is InChI=1S/C12H18ClN/c1-12(2,8-9-14-3)10-6-4-5-7-11(10)13/h4-7,14H,8-9H2,1-3H3. The molecule has 14 heavy (non-hydrogen) atoms. The number of rotatable bonds is 4. The normalized spacial score (nSPS) is 11.7. The molecule has 1 N–H and O–H groups in total. The molecule has 1 aromatic carbocycles. The Kier molecular flexibility index (Phi) is 3.97. The highest BCUT2D eigenvalue weighted by atomic mass is 35.5. The molecule has 78 valence electrons. The van der Waals surface area contributed by atoms with Gasteiger partial charge in [0.15, 0.2) is 0 Å². The lowest BCUT2D eigenvalue weighted by Crippen LogP contribution is -2.23. The van der Waals surface area contributed by atoms with Gasteiger partial charge < -0.3 is 5.32 Å². The van der Waals surface area contributed by atoms with E-state index in [4.69, 9.17) is 11.6 Å². The molecule has 2 heteroatoms. The van der Waals surface area contributed by atoms with Gasteiger partial charge in [0.05, 0.1) is 0 Å². The summed E-state index contributed by atoms with van der Waals surface area (Å²) in [5, 5.41) is 4.04. The molecule has 0 saturated carbocycles. The quantitative estimate of drug-likeness (QED) is 0.807. The lowest BCUT2D eigenvalue weighted by molar-refractivity contribution is 0.469. The highest BCUT2D eigenvalue weighted by molar-refractivity contribution is 6.31. The maximum atomic E-state index is 6.17. The molecule has 0 aliphatic carbocycles. The Labute approximate surface area is 91.5 Å². The van der Waals surface area contributed by atoms with Gasteiger partial charge in [-0.1, -0.05) is 43.6 Å². The summed E-state index contributed by atoms with van der Waals surface area (Å²) in [4.78, 5) is 0. The third kappa shape index (κ3) is 2.73. The number of benzene rings is 1.